The molecule has 0 radical (unpaired) electrons. The van der Waals surface area contributed by atoms with Crippen molar-refractivity contribution in [2.45, 2.75) is 20.0 Å². The number of carbonyl (C=O) groups excluding carboxylic acids is 1. The monoisotopic (exact) mass is 549 g/mol. The number of halogens is 2. The fourth-order valence-corrected chi connectivity index (χ4v) is 6.04. The number of aryl methyl sites for hydroxylation is 1. The summed E-state index contributed by atoms with van der Waals surface area (Å²) in [6, 6.07) is 16.6. The smallest absolute Gasteiger partial charge is 0.308 e. The number of fused-ring (bicyclic) bond motifs is 1. The summed E-state index contributed by atoms with van der Waals surface area (Å²) in [5.41, 5.74) is 2.85. The first kappa shape index (κ1) is 25.2. The number of nitrogens with zero attached hydrogens (tertiary/aromatic N) is 2. The van der Waals surface area contributed by atoms with Crippen LogP contribution in [0, 0.1) is 0 Å². The van der Waals surface area contributed by atoms with E-state index in [9.17, 15) is 18.0 Å². The molecule has 0 aliphatic carbocycles. The molecule has 4 aromatic rings. The molecule has 0 spiro atoms. The van der Waals surface area contributed by atoms with Crippen molar-refractivity contribution in [2.75, 3.05) is 15.9 Å². The minimum absolute atomic E-state index is 0.0373. The molecule has 1 aromatic heterocycles. The molecule has 11 heteroatoms. The first-order valence-corrected chi connectivity index (χ1v) is 13.9. The number of carbonyl (C=O) groups is 1. The normalized spacial score (nSPS) is 11.5. The van der Waals surface area contributed by atoms with Crippen molar-refractivity contribution in [1.82, 2.24) is 4.57 Å². The van der Waals surface area contributed by atoms with E-state index in [2.05, 4.69) is 5.32 Å². The Morgan fingerprint density at radius 2 is 1.69 bits per heavy atom. The second-order valence-electron chi connectivity index (χ2n) is 7.84. The van der Waals surface area contributed by atoms with Crippen LogP contribution in [0.15, 0.2) is 65.5 Å². The maximum Gasteiger partial charge on any atom is 0.308 e. The molecular weight excluding hydrogens is 529 g/mol. The zero-order valence-electron chi connectivity index (χ0n) is 18.8. The van der Waals surface area contributed by atoms with Crippen molar-refractivity contribution in [3.63, 3.8) is 0 Å². The first-order valence-electron chi connectivity index (χ1n) is 10.5. The lowest BCUT2D eigenvalue weighted by molar-refractivity contribution is 0.102. The summed E-state index contributed by atoms with van der Waals surface area (Å²) in [5, 5.41) is 3.49. The van der Waals surface area contributed by atoms with Crippen LogP contribution in [0.1, 0.15) is 22.8 Å². The van der Waals surface area contributed by atoms with Crippen LogP contribution in [0.2, 0.25) is 10.0 Å². The van der Waals surface area contributed by atoms with E-state index in [0.717, 1.165) is 27.8 Å². The Labute approximate surface area is 216 Å². The second kappa shape index (κ2) is 10.0. The summed E-state index contributed by atoms with van der Waals surface area (Å²) >= 11 is 13.2. The number of benzene rings is 3. The topological polar surface area (TPSA) is 88.5 Å². The van der Waals surface area contributed by atoms with Crippen molar-refractivity contribution in [3.8, 4) is 0 Å². The number of sulfonamides is 1. The van der Waals surface area contributed by atoms with Crippen LogP contribution in [0.5, 0.6) is 0 Å². The Morgan fingerprint density at radius 3 is 2.29 bits per heavy atom. The average molecular weight is 550 g/mol. The number of aromatic nitrogens is 1. The van der Waals surface area contributed by atoms with Gasteiger partial charge in [-0.2, -0.15) is 0 Å². The fraction of sp³-hybridized carbons (Fsp3) is 0.167. The van der Waals surface area contributed by atoms with Gasteiger partial charge in [-0.25, -0.2) is 8.42 Å². The number of amides is 1. The van der Waals surface area contributed by atoms with E-state index in [-0.39, 0.29) is 17.3 Å². The third-order valence-electron chi connectivity index (χ3n) is 5.32. The van der Waals surface area contributed by atoms with E-state index in [1.807, 2.05) is 13.0 Å². The summed E-state index contributed by atoms with van der Waals surface area (Å²) in [4.78, 5) is 24.8. The number of thiazole rings is 1. The molecule has 0 aliphatic rings. The van der Waals surface area contributed by atoms with Crippen LogP contribution in [0.3, 0.4) is 0 Å². The van der Waals surface area contributed by atoms with Crippen molar-refractivity contribution in [1.29, 1.82) is 0 Å². The second-order valence-corrected chi connectivity index (χ2v) is 11.6. The van der Waals surface area contributed by atoms with Gasteiger partial charge in [0.1, 0.15) is 0 Å². The van der Waals surface area contributed by atoms with Crippen molar-refractivity contribution in [2.24, 2.45) is 0 Å². The molecule has 0 bridgehead atoms. The zero-order chi connectivity index (χ0) is 25.3. The predicted molar refractivity (Wildman–Crippen MR) is 144 cm³/mol. The molecule has 0 atom stereocenters. The van der Waals surface area contributed by atoms with Crippen LogP contribution in [-0.2, 0) is 23.1 Å². The molecule has 7 nitrogen and oxygen atoms in total. The van der Waals surface area contributed by atoms with Gasteiger partial charge in [0.25, 0.3) is 5.91 Å². The third-order valence-corrected chi connectivity index (χ3v) is 7.84. The molecule has 0 aliphatic heterocycles. The van der Waals surface area contributed by atoms with Gasteiger partial charge in [-0.15, -0.1) is 0 Å². The van der Waals surface area contributed by atoms with Crippen LogP contribution in [0.25, 0.3) is 10.2 Å². The van der Waals surface area contributed by atoms with Gasteiger partial charge in [0.15, 0.2) is 0 Å². The van der Waals surface area contributed by atoms with Gasteiger partial charge in [0, 0.05) is 27.8 Å². The van der Waals surface area contributed by atoms with Crippen molar-refractivity contribution >= 4 is 72.1 Å². The standard InChI is InChI=1S/C24H21Cl2N3O4S2/c1-3-28-21-9-8-19(13-22(21)34-24(28)31)27-23(30)16-6-4-15(5-7-16)14-29(35(2,32)33)20-11-17(25)10-18(26)12-20/h4-13H,3,14H2,1-2H3,(H,27,30). The van der Waals surface area contributed by atoms with E-state index < -0.39 is 10.0 Å². The summed E-state index contributed by atoms with van der Waals surface area (Å²) in [7, 11) is -3.62. The largest absolute Gasteiger partial charge is 0.322 e. The quantitative estimate of drug-likeness (QED) is 0.324. The minimum Gasteiger partial charge on any atom is -0.322 e. The molecule has 0 fully saturated rings. The predicted octanol–water partition coefficient (Wildman–Crippen LogP) is 5.61. The molecule has 0 saturated heterocycles. The van der Waals surface area contributed by atoms with Gasteiger partial charge < -0.3 is 5.32 Å². The third kappa shape index (κ3) is 5.70. The van der Waals surface area contributed by atoms with Gasteiger partial charge in [0.2, 0.25) is 10.0 Å². The fourth-order valence-electron chi connectivity index (χ4n) is 3.66. The van der Waals surface area contributed by atoms with Gasteiger partial charge in [-0.05, 0) is 61.0 Å². The lowest BCUT2D eigenvalue weighted by Gasteiger charge is -2.23. The molecular formula is C24H21Cl2N3O4S2. The highest BCUT2D eigenvalue weighted by atomic mass is 35.5. The molecule has 1 amide bonds. The van der Waals surface area contributed by atoms with Crippen LogP contribution in [0.4, 0.5) is 11.4 Å². The highest BCUT2D eigenvalue weighted by Crippen LogP contribution is 2.28. The van der Waals surface area contributed by atoms with Crippen LogP contribution in [-0.4, -0.2) is 25.1 Å². The van der Waals surface area contributed by atoms with E-state index in [4.69, 9.17) is 23.2 Å². The van der Waals surface area contributed by atoms with E-state index in [1.54, 1.807) is 41.0 Å². The van der Waals surface area contributed by atoms with Crippen LogP contribution < -0.4 is 14.5 Å². The molecule has 35 heavy (non-hydrogen) atoms. The summed E-state index contributed by atoms with van der Waals surface area (Å²) < 4.78 is 28.5. The van der Waals surface area contributed by atoms with E-state index in [0.29, 0.717) is 39.1 Å². The molecule has 3 aromatic carbocycles. The molecule has 182 valence electrons. The Balaban J connectivity index is 1.52. The Kier molecular flexibility index (Phi) is 7.23. The number of hydrogen-bond acceptors (Lipinski definition) is 5. The van der Waals surface area contributed by atoms with E-state index in [1.165, 1.54) is 22.5 Å². The number of hydrogen-bond donors (Lipinski definition) is 1. The highest BCUT2D eigenvalue weighted by molar-refractivity contribution is 7.92. The number of rotatable bonds is 7. The Morgan fingerprint density at radius 1 is 1.03 bits per heavy atom. The molecule has 4 rings (SSSR count). The number of nitrogens with one attached hydrogen (secondary N) is 1. The summed E-state index contributed by atoms with van der Waals surface area (Å²) in [6.07, 6.45) is 1.10. The maximum absolute atomic E-state index is 12.8. The van der Waals surface area contributed by atoms with Crippen molar-refractivity contribution in [3.05, 3.63) is 91.5 Å². The first-order chi connectivity index (χ1) is 16.5. The van der Waals surface area contributed by atoms with Gasteiger partial charge in [0.05, 0.1) is 28.7 Å². The molecule has 1 heterocycles. The van der Waals surface area contributed by atoms with Gasteiger partial charge in [-0.1, -0.05) is 46.7 Å². The number of anilines is 2. The van der Waals surface area contributed by atoms with E-state index >= 15 is 0 Å². The van der Waals surface area contributed by atoms with Crippen molar-refractivity contribution < 1.29 is 13.2 Å². The van der Waals surface area contributed by atoms with Crippen LogP contribution >= 0.6 is 34.5 Å². The average Bonchev–Trinajstić information content (AvgIpc) is 3.10. The lowest BCUT2D eigenvalue weighted by atomic mass is 10.1. The SMILES string of the molecule is CCn1c(=O)sc2cc(NC(=O)c3ccc(CN(c4cc(Cl)cc(Cl)c4)S(C)(=O)=O)cc3)ccc21. The highest BCUT2D eigenvalue weighted by Gasteiger charge is 2.19. The summed E-state index contributed by atoms with van der Waals surface area (Å²) in [5.74, 6) is -0.320. The lowest BCUT2D eigenvalue weighted by Crippen LogP contribution is -2.29. The molecule has 0 unspecified atom stereocenters. The Hall–Kier alpha value is -2.85. The summed E-state index contributed by atoms with van der Waals surface area (Å²) in [6.45, 7) is 2.53. The zero-order valence-corrected chi connectivity index (χ0v) is 21.9. The Bertz CT molecular complexity index is 1560. The maximum atomic E-state index is 12.8. The molecule has 0 saturated carbocycles. The minimum atomic E-state index is -3.62. The van der Waals surface area contributed by atoms with Gasteiger partial charge >= 0.3 is 4.87 Å². The van der Waals surface area contributed by atoms with Gasteiger partial charge in [-0.3, -0.25) is 18.5 Å². The molecule has 1 N–H and O–H groups in total.